The summed E-state index contributed by atoms with van der Waals surface area (Å²) < 4.78 is 8.32. The Morgan fingerprint density at radius 3 is 2.34 bits per heavy atom. The second-order valence-electron chi connectivity index (χ2n) is 9.74. The normalized spacial score (nSPS) is 11.0. The van der Waals surface area contributed by atoms with E-state index < -0.39 is 11.9 Å². The van der Waals surface area contributed by atoms with Crippen LogP contribution in [0.1, 0.15) is 27.1 Å². The van der Waals surface area contributed by atoms with Crippen LogP contribution in [0.15, 0.2) is 59.0 Å². The van der Waals surface area contributed by atoms with E-state index in [1.54, 1.807) is 12.1 Å². The highest BCUT2D eigenvalue weighted by Crippen LogP contribution is 2.42. The van der Waals surface area contributed by atoms with Crippen molar-refractivity contribution in [3.8, 4) is 22.5 Å². The molecule has 2 aromatic rings. The van der Waals surface area contributed by atoms with E-state index in [4.69, 9.17) is 9.52 Å². The Kier molecular flexibility index (Phi) is 9.61. The first-order chi connectivity index (χ1) is 19.6. The van der Waals surface area contributed by atoms with Gasteiger partial charge in [-0.05, 0) is 35.9 Å². The second kappa shape index (κ2) is 13.1. The molecule has 4 rings (SSSR count). The van der Waals surface area contributed by atoms with Gasteiger partial charge in [0.1, 0.15) is 25.4 Å². The van der Waals surface area contributed by atoms with Gasteiger partial charge in [-0.15, -0.1) is 0 Å². The number of benzene rings is 3. The van der Waals surface area contributed by atoms with Crippen LogP contribution in [0.3, 0.4) is 0 Å². The van der Waals surface area contributed by atoms with Crippen molar-refractivity contribution in [2.24, 2.45) is 0 Å². The molecule has 0 radical (unpaired) electrons. The first-order valence-corrected chi connectivity index (χ1v) is 15.4. The van der Waals surface area contributed by atoms with Crippen molar-refractivity contribution >= 4 is 56.1 Å². The lowest BCUT2D eigenvalue weighted by Crippen LogP contribution is -2.26. The van der Waals surface area contributed by atoms with Crippen molar-refractivity contribution in [3.05, 3.63) is 71.1 Å². The standard InChI is InChI=1S/C30H31N3O6S2/c1-32(2)19-6-9-22-25(16-19)39-26-17-20(33(3)4)7-10-23(26)28(22)21-8-5-18(15-24(21)30(37)38)29(36)31-12-14-41-40-13-11-27(34)35/h5-10,15-17H,11-14H2,1-4H3,(H2-,31,34,35,36,37,38)/p+1. The monoisotopic (exact) mass is 594 g/mol. The van der Waals surface area contributed by atoms with Crippen LogP contribution >= 0.6 is 21.6 Å². The zero-order chi connectivity index (χ0) is 29.7. The molecule has 41 heavy (non-hydrogen) atoms. The zero-order valence-electron chi connectivity index (χ0n) is 23.3. The van der Waals surface area contributed by atoms with Crippen LogP contribution in [0.5, 0.6) is 0 Å². The van der Waals surface area contributed by atoms with E-state index in [0.29, 0.717) is 35.0 Å². The maximum absolute atomic E-state index is 12.9. The van der Waals surface area contributed by atoms with Crippen molar-refractivity contribution in [1.29, 1.82) is 0 Å². The molecule has 9 nitrogen and oxygen atoms in total. The van der Waals surface area contributed by atoms with E-state index in [2.05, 4.69) is 5.32 Å². The average Bonchev–Trinajstić information content (AvgIpc) is 2.94. The predicted octanol–water partition coefficient (Wildman–Crippen LogP) is 4.59. The van der Waals surface area contributed by atoms with Gasteiger partial charge in [-0.3, -0.25) is 9.59 Å². The number of aliphatic carboxylic acids is 1. The van der Waals surface area contributed by atoms with Crippen LogP contribution in [-0.4, -0.2) is 74.3 Å². The molecule has 1 aliphatic carbocycles. The van der Waals surface area contributed by atoms with Crippen LogP contribution in [0.2, 0.25) is 0 Å². The van der Waals surface area contributed by atoms with Crippen LogP contribution in [0.4, 0.5) is 5.69 Å². The highest BCUT2D eigenvalue weighted by atomic mass is 33.1. The van der Waals surface area contributed by atoms with E-state index in [9.17, 15) is 19.5 Å². The average molecular weight is 595 g/mol. The maximum atomic E-state index is 12.9. The third kappa shape index (κ3) is 7.04. The molecule has 214 valence electrons. The number of carboxylic acids is 2. The second-order valence-corrected chi connectivity index (χ2v) is 12.4. The number of hydrogen-bond donors (Lipinski definition) is 3. The molecule has 1 aliphatic heterocycles. The highest BCUT2D eigenvalue weighted by molar-refractivity contribution is 8.76. The highest BCUT2D eigenvalue weighted by Gasteiger charge is 2.23. The minimum atomic E-state index is -1.14. The molecular weight excluding hydrogens is 562 g/mol. The zero-order valence-corrected chi connectivity index (χ0v) is 24.9. The third-order valence-corrected chi connectivity index (χ3v) is 8.87. The molecule has 2 aliphatic rings. The summed E-state index contributed by atoms with van der Waals surface area (Å²) in [5.74, 6) is -0.662. The fourth-order valence-corrected chi connectivity index (χ4v) is 6.24. The molecule has 0 saturated heterocycles. The van der Waals surface area contributed by atoms with Crippen LogP contribution in [-0.2, 0) is 4.79 Å². The number of fused-ring (bicyclic) bond motifs is 2. The number of hydrogen-bond acceptors (Lipinski definition) is 7. The Morgan fingerprint density at radius 1 is 0.927 bits per heavy atom. The first kappa shape index (κ1) is 30.0. The predicted molar refractivity (Wildman–Crippen MR) is 166 cm³/mol. The number of carbonyl (C=O) groups is 3. The molecule has 3 N–H and O–H groups in total. The van der Waals surface area contributed by atoms with E-state index in [0.717, 1.165) is 27.6 Å². The number of nitrogens with zero attached hydrogens (tertiary/aromatic N) is 2. The van der Waals surface area contributed by atoms with Gasteiger partial charge in [0.05, 0.1) is 18.1 Å². The molecule has 1 heterocycles. The van der Waals surface area contributed by atoms with Crippen LogP contribution < -0.4 is 20.1 Å². The quantitative estimate of drug-likeness (QED) is 0.0991. The summed E-state index contributed by atoms with van der Waals surface area (Å²) in [6, 6.07) is 16.4. The van der Waals surface area contributed by atoms with Crippen molar-refractivity contribution in [2.75, 3.05) is 51.1 Å². The van der Waals surface area contributed by atoms with Gasteiger partial charge in [-0.25, -0.2) is 9.37 Å². The number of nitrogens with one attached hydrogen (secondary N) is 1. The molecule has 11 heteroatoms. The van der Waals surface area contributed by atoms with Gasteiger partial charge in [0.15, 0.2) is 0 Å². The lowest BCUT2D eigenvalue weighted by atomic mass is 9.89. The van der Waals surface area contributed by atoms with Gasteiger partial charge in [0.2, 0.25) is 5.36 Å². The van der Waals surface area contributed by atoms with Gasteiger partial charge in [0, 0.05) is 72.0 Å². The fourth-order valence-electron chi connectivity index (χ4n) is 4.35. The molecule has 0 fully saturated rings. The number of aromatic carboxylic acids is 1. The summed E-state index contributed by atoms with van der Waals surface area (Å²) >= 11 is 0. The first-order valence-electron chi connectivity index (χ1n) is 12.9. The van der Waals surface area contributed by atoms with E-state index >= 15 is 0 Å². The van der Waals surface area contributed by atoms with Crippen molar-refractivity contribution < 1.29 is 29.0 Å². The van der Waals surface area contributed by atoms with E-state index in [-0.39, 0.29) is 23.5 Å². The molecule has 0 unspecified atom stereocenters. The molecule has 0 aromatic heterocycles. The third-order valence-electron chi connectivity index (χ3n) is 6.46. The lowest BCUT2D eigenvalue weighted by molar-refractivity contribution is -0.136. The molecule has 0 spiro atoms. The van der Waals surface area contributed by atoms with Gasteiger partial charge in [0.25, 0.3) is 5.91 Å². The summed E-state index contributed by atoms with van der Waals surface area (Å²) in [6.07, 6.45) is 0.0854. The van der Waals surface area contributed by atoms with E-state index in [1.165, 1.54) is 27.7 Å². The van der Waals surface area contributed by atoms with Crippen LogP contribution in [0.25, 0.3) is 33.4 Å². The fraction of sp³-hybridized carbons (Fsp3) is 0.267. The minimum Gasteiger partial charge on any atom is -0.481 e. The topological polar surface area (TPSA) is 123 Å². The molecule has 0 saturated carbocycles. The van der Waals surface area contributed by atoms with Crippen LogP contribution in [0, 0.1) is 0 Å². The summed E-state index contributed by atoms with van der Waals surface area (Å²) in [4.78, 5) is 37.9. The Hall–Kier alpha value is -3.96. The molecular formula is C30H32N3O6S2+. The Balaban J connectivity index is 1.73. The lowest BCUT2D eigenvalue weighted by Gasteiger charge is -2.19. The molecule has 1 amide bonds. The van der Waals surface area contributed by atoms with E-state index in [1.807, 2.05) is 74.1 Å². The number of amides is 1. The van der Waals surface area contributed by atoms with Crippen molar-refractivity contribution in [1.82, 2.24) is 9.89 Å². The van der Waals surface area contributed by atoms with Gasteiger partial charge in [-0.2, -0.15) is 0 Å². The molecule has 0 atom stereocenters. The van der Waals surface area contributed by atoms with Crippen molar-refractivity contribution in [3.63, 3.8) is 0 Å². The Morgan fingerprint density at radius 2 is 1.66 bits per heavy atom. The summed E-state index contributed by atoms with van der Waals surface area (Å²) in [5.41, 5.74) is 3.78. The minimum absolute atomic E-state index is 0.0124. The summed E-state index contributed by atoms with van der Waals surface area (Å²) in [7, 11) is 10.7. The SMILES string of the molecule is CN(C)c1ccc2c(-c3ccc(C(=O)NCCSSCCC(=O)O)cc3C(=O)O)c3ccc(=[N+](C)C)cc-3oc2c1. The number of carboxylic acid groups (broad SMARTS) is 2. The number of carbonyl (C=O) groups excluding carboxylic acids is 1. The van der Waals surface area contributed by atoms with Gasteiger partial charge in [-0.1, -0.05) is 27.7 Å². The van der Waals surface area contributed by atoms with Gasteiger partial charge < -0.3 is 24.8 Å². The number of rotatable bonds is 11. The summed E-state index contributed by atoms with van der Waals surface area (Å²) in [5, 5.41) is 23.5. The van der Waals surface area contributed by atoms with Crippen molar-refractivity contribution in [2.45, 2.75) is 6.42 Å². The van der Waals surface area contributed by atoms with Gasteiger partial charge >= 0.3 is 11.9 Å². The Labute approximate surface area is 245 Å². The number of anilines is 1. The molecule has 2 aromatic carbocycles. The molecule has 0 bridgehead atoms. The summed E-state index contributed by atoms with van der Waals surface area (Å²) in [6.45, 7) is 0.367. The largest absolute Gasteiger partial charge is 0.481 e. The Bertz CT molecular complexity index is 1660. The maximum Gasteiger partial charge on any atom is 0.336 e. The smallest absolute Gasteiger partial charge is 0.336 e.